The lowest BCUT2D eigenvalue weighted by Crippen LogP contribution is -2.34. The van der Waals surface area contributed by atoms with E-state index in [0.717, 1.165) is 31.7 Å². The predicted octanol–water partition coefficient (Wildman–Crippen LogP) is 2.19. The maximum Gasteiger partial charge on any atom is 0.316 e. The van der Waals surface area contributed by atoms with Crippen molar-refractivity contribution in [1.82, 2.24) is 19.8 Å². The summed E-state index contributed by atoms with van der Waals surface area (Å²) >= 11 is 0. The maximum atomic E-state index is 5.00. The van der Waals surface area contributed by atoms with Gasteiger partial charge in [-0.25, -0.2) is 9.97 Å². The van der Waals surface area contributed by atoms with Crippen LogP contribution in [0.5, 0.6) is 6.01 Å². The molecule has 0 radical (unpaired) electrons. The lowest BCUT2D eigenvalue weighted by atomic mass is 10.2. The molecule has 0 spiro atoms. The molecule has 5 nitrogen and oxygen atoms in total. The SMILES string of the molecule is COc1ncc(CN(C)[C@H]2CCN(Cc3ccccc3)C2)cn1. The fraction of sp³-hybridized carbons (Fsp3) is 0.444. The van der Waals surface area contributed by atoms with Crippen LogP contribution in [0, 0.1) is 0 Å². The molecule has 1 atom stereocenters. The van der Waals surface area contributed by atoms with Crippen LogP contribution in [0.3, 0.4) is 0 Å². The molecule has 0 aliphatic carbocycles. The van der Waals surface area contributed by atoms with Gasteiger partial charge in [-0.1, -0.05) is 30.3 Å². The summed E-state index contributed by atoms with van der Waals surface area (Å²) in [6, 6.07) is 11.7. The van der Waals surface area contributed by atoms with Crippen molar-refractivity contribution in [1.29, 1.82) is 0 Å². The maximum absolute atomic E-state index is 5.00. The summed E-state index contributed by atoms with van der Waals surface area (Å²) in [5.74, 6) is 0. The van der Waals surface area contributed by atoms with E-state index in [2.05, 4.69) is 57.1 Å². The molecule has 2 heterocycles. The molecule has 1 aromatic heterocycles. The molecule has 122 valence electrons. The van der Waals surface area contributed by atoms with Crippen molar-refractivity contribution >= 4 is 0 Å². The number of hydrogen-bond donors (Lipinski definition) is 0. The molecule has 1 aliphatic rings. The Morgan fingerprint density at radius 2 is 1.91 bits per heavy atom. The minimum Gasteiger partial charge on any atom is -0.467 e. The number of likely N-dealkylation sites (N-methyl/N-ethyl adjacent to an activating group) is 1. The lowest BCUT2D eigenvalue weighted by molar-refractivity contribution is 0.222. The Morgan fingerprint density at radius 3 is 2.61 bits per heavy atom. The van der Waals surface area contributed by atoms with E-state index < -0.39 is 0 Å². The number of aromatic nitrogens is 2. The van der Waals surface area contributed by atoms with Crippen LogP contribution >= 0.6 is 0 Å². The van der Waals surface area contributed by atoms with Crippen LogP contribution in [-0.2, 0) is 13.1 Å². The Morgan fingerprint density at radius 1 is 1.17 bits per heavy atom. The highest BCUT2D eigenvalue weighted by Gasteiger charge is 2.25. The van der Waals surface area contributed by atoms with Gasteiger partial charge in [-0.2, -0.15) is 0 Å². The minimum atomic E-state index is 0.423. The normalized spacial score (nSPS) is 18.5. The van der Waals surface area contributed by atoms with E-state index in [0.29, 0.717) is 12.1 Å². The molecule has 0 bridgehead atoms. The first kappa shape index (κ1) is 15.9. The van der Waals surface area contributed by atoms with Gasteiger partial charge in [-0.05, 0) is 19.0 Å². The summed E-state index contributed by atoms with van der Waals surface area (Å²) in [4.78, 5) is 13.3. The highest BCUT2D eigenvalue weighted by molar-refractivity contribution is 5.14. The second-order valence-corrected chi connectivity index (χ2v) is 6.16. The molecule has 0 unspecified atom stereocenters. The van der Waals surface area contributed by atoms with Gasteiger partial charge in [0.15, 0.2) is 0 Å². The van der Waals surface area contributed by atoms with Crippen molar-refractivity contribution in [3.63, 3.8) is 0 Å². The van der Waals surface area contributed by atoms with Crippen molar-refractivity contribution in [3.05, 3.63) is 53.9 Å². The molecule has 3 rings (SSSR count). The Kier molecular flexibility index (Phi) is 5.20. The third-order valence-corrected chi connectivity index (χ3v) is 4.42. The van der Waals surface area contributed by atoms with Crippen LogP contribution < -0.4 is 4.74 Å². The predicted molar refractivity (Wildman–Crippen MR) is 90.2 cm³/mol. The first-order chi connectivity index (χ1) is 11.2. The number of methoxy groups -OCH3 is 1. The average molecular weight is 312 g/mol. The smallest absolute Gasteiger partial charge is 0.316 e. The molecule has 1 aliphatic heterocycles. The lowest BCUT2D eigenvalue weighted by Gasteiger charge is -2.24. The zero-order valence-corrected chi connectivity index (χ0v) is 13.9. The van der Waals surface area contributed by atoms with Crippen LogP contribution in [0.15, 0.2) is 42.7 Å². The third kappa shape index (κ3) is 4.27. The summed E-state index contributed by atoms with van der Waals surface area (Å²) in [5.41, 5.74) is 2.51. The standard InChI is InChI=1S/C18H24N4O/c1-21(12-16-10-19-18(23-2)20-11-16)17-8-9-22(14-17)13-15-6-4-3-5-7-15/h3-7,10-11,17H,8-9,12-14H2,1-2H3/t17-/m0/s1. The first-order valence-electron chi connectivity index (χ1n) is 8.06. The minimum absolute atomic E-state index is 0.423. The molecule has 1 saturated heterocycles. The van der Waals surface area contributed by atoms with E-state index >= 15 is 0 Å². The van der Waals surface area contributed by atoms with Crippen LogP contribution in [0.2, 0.25) is 0 Å². The van der Waals surface area contributed by atoms with E-state index in [1.807, 2.05) is 12.4 Å². The molecule has 0 N–H and O–H groups in total. The summed E-state index contributed by atoms with van der Waals surface area (Å²) < 4.78 is 5.00. The first-order valence-corrected chi connectivity index (χ1v) is 8.06. The zero-order chi connectivity index (χ0) is 16.1. The number of hydrogen-bond acceptors (Lipinski definition) is 5. The second-order valence-electron chi connectivity index (χ2n) is 6.16. The molecule has 1 fully saturated rings. The van der Waals surface area contributed by atoms with Crippen molar-refractivity contribution in [2.24, 2.45) is 0 Å². The van der Waals surface area contributed by atoms with Gasteiger partial charge >= 0.3 is 6.01 Å². The molecule has 5 heteroatoms. The number of benzene rings is 1. The molecule has 2 aromatic rings. The van der Waals surface area contributed by atoms with E-state index in [9.17, 15) is 0 Å². The highest BCUT2D eigenvalue weighted by Crippen LogP contribution is 2.18. The van der Waals surface area contributed by atoms with Crippen molar-refractivity contribution in [2.45, 2.75) is 25.6 Å². The topological polar surface area (TPSA) is 41.5 Å². The Hall–Kier alpha value is -1.98. The summed E-state index contributed by atoms with van der Waals surface area (Å²) in [5, 5.41) is 0. The van der Waals surface area contributed by atoms with Crippen molar-refractivity contribution in [2.75, 3.05) is 27.2 Å². The van der Waals surface area contributed by atoms with E-state index in [-0.39, 0.29) is 0 Å². The Bertz CT molecular complexity index is 602. The van der Waals surface area contributed by atoms with E-state index in [4.69, 9.17) is 4.74 Å². The quantitative estimate of drug-likeness (QED) is 0.818. The zero-order valence-electron chi connectivity index (χ0n) is 13.9. The summed E-state index contributed by atoms with van der Waals surface area (Å²) in [6.07, 6.45) is 4.90. The van der Waals surface area contributed by atoms with Gasteiger partial charge in [0, 0.05) is 50.2 Å². The van der Waals surface area contributed by atoms with Crippen LogP contribution in [0.1, 0.15) is 17.5 Å². The van der Waals surface area contributed by atoms with Crippen molar-refractivity contribution in [3.8, 4) is 6.01 Å². The number of nitrogens with zero attached hydrogens (tertiary/aromatic N) is 4. The molecule has 0 amide bonds. The molecular weight excluding hydrogens is 288 g/mol. The Balaban J connectivity index is 1.51. The van der Waals surface area contributed by atoms with Gasteiger partial charge in [0.1, 0.15) is 0 Å². The fourth-order valence-corrected chi connectivity index (χ4v) is 3.10. The molecule has 1 aromatic carbocycles. The Labute approximate surface area is 137 Å². The van der Waals surface area contributed by atoms with Gasteiger partial charge < -0.3 is 4.74 Å². The highest BCUT2D eigenvalue weighted by atomic mass is 16.5. The van der Waals surface area contributed by atoms with Crippen LogP contribution in [0.25, 0.3) is 0 Å². The van der Waals surface area contributed by atoms with Gasteiger partial charge in [-0.3, -0.25) is 9.80 Å². The number of rotatable bonds is 6. The van der Waals surface area contributed by atoms with Crippen molar-refractivity contribution < 1.29 is 4.74 Å². The summed E-state index contributed by atoms with van der Waals surface area (Å²) in [7, 11) is 3.77. The molecular formula is C18H24N4O. The largest absolute Gasteiger partial charge is 0.467 e. The van der Waals surface area contributed by atoms with Gasteiger partial charge in [-0.15, -0.1) is 0 Å². The second kappa shape index (κ2) is 7.53. The third-order valence-electron chi connectivity index (χ3n) is 4.42. The molecule has 23 heavy (non-hydrogen) atoms. The number of ether oxygens (including phenoxy) is 1. The number of likely N-dealkylation sites (tertiary alicyclic amines) is 1. The molecule has 0 saturated carbocycles. The van der Waals surface area contributed by atoms with Crippen LogP contribution in [-0.4, -0.2) is 53.1 Å². The van der Waals surface area contributed by atoms with Gasteiger partial charge in [0.05, 0.1) is 7.11 Å². The fourth-order valence-electron chi connectivity index (χ4n) is 3.10. The van der Waals surface area contributed by atoms with Crippen LogP contribution in [0.4, 0.5) is 0 Å². The monoisotopic (exact) mass is 312 g/mol. The summed E-state index contributed by atoms with van der Waals surface area (Å²) in [6.45, 7) is 4.18. The average Bonchev–Trinajstić information content (AvgIpc) is 3.05. The van der Waals surface area contributed by atoms with E-state index in [1.165, 1.54) is 12.0 Å². The van der Waals surface area contributed by atoms with Gasteiger partial charge in [0.2, 0.25) is 0 Å². The van der Waals surface area contributed by atoms with E-state index in [1.54, 1.807) is 7.11 Å². The van der Waals surface area contributed by atoms with Gasteiger partial charge in [0.25, 0.3) is 0 Å².